The molecule has 1 aromatic rings. The number of anilines is 1. The molecule has 17 heavy (non-hydrogen) atoms. The van der Waals surface area contributed by atoms with Crippen molar-refractivity contribution in [2.45, 2.75) is 38.6 Å². The van der Waals surface area contributed by atoms with E-state index in [0.717, 1.165) is 13.0 Å². The molecule has 2 heteroatoms. The van der Waals surface area contributed by atoms with Crippen molar-refractivity contribution in [1.29, 1.82) is 0 Å². The average molecular weight is 232 g/mol. The van der Waals surface area contributed by atoms with Gasteiger partial charge in [0.05, 0.1) is 0 Å². The Morgan fingerprint density at radius 1 is 1.29 bits per heavy atom. The van der Waals surface area contributed by atoms with Crippen LogP contribution >= 0.6 is 0 Å². The Hall–Kier alpha value is -1.02. The Labute approximate surface area is 105 Å². The molecule has 0 spiro atoms. The van der Waals surface area contributed by atoms with E-state index in [0.29, 0.717) is 6.04 Å². The fraction of sp³-hybridized carbons (Fsp3) is 0.600. The number of nitrogens with one attached hydrogen (secondary N) is 1. The van der Waals surface area contributed by atoms with Crippen LogP contribution in [0.2, 0.25) is 0 Å². The van der Waals surface area contributed by atoms with Gasteiger partial charge in [-0.3, -0.25) is 0 Å². The minimum atomic E-state index is 0.702. The van der Waals surface area contributed by atoms with Crippen LogP contribution in [0, 0.1) is 0 Å². The molecule has 1 aliphatic rings. The zero-order chi connectivity index (χ0) is 12.1. The maximum absolute atomic E-state index is 3.62. The minimum absolute atomic E-state index is 0.702. The summed E-state index contributed by atoms with van der Waals surface area (Å²) in [6.07, 6.45) is 5.17. The van der Waals surface area contributed by atoms with Crippen molar-refractivity contribution in [2.75, 3.05) is 25.5 Å². The molecule has 0 aliphatic carbocycles. The van der Waals surface area contributed by atoms with E-state index in [-0.39, 0.29) is 0 Å². The first-order valence-electron chi connectivity index (χ1n) is 6.83. The second-order valence-electron chi connectivity index (χ2n) is 5.02. The molecular weight excluding hydrogens is 208 g/mol. The number of hydrogen-bond acceptors (Lipinski definition) is 2. The molecule has 0 bridgehead atoms. The topological polar surface area (TPSA) is 15.3 Å². The van der Waals surface area contributed by atoms with Crippen LogP contribution in [0.3, 0.4) is 0 Å². The number of hydrogen-bond donors (Lipinski definition) is 1. The van der Waals surface area contributed by atoms with Crippen LogP contribution in [0.1, 0.15) is 31.7 Å². The van der Waals surface area contributed by atoms with Crippen molar-refractivity contribution in [2.24, 2.45) is 0 Å². The van der Waals surface area contributed by atoms with E-state index in [1.807, 2.05) is 0 Å². The lowest BCUT2D eigenvalue weighted by Gasteiger charge is -2.33. The van der Waals surface area contributed by atoms with Gasteiger partial charge in [0.25, 0.3) is 0 Å². The van der Waals surface area contributed by atoms with Crippen molar-refractivity contribution in [3.05, 3.63) is 29.8 Å². The van der Waals surface area contributed by atoms with Crippen molar-refractivity contribution in [3.8, 4) is 0 Å². The third-order valence-corrected chi connectivity index (χ3v) is 3.85. The van der Waals surface area contributed by atoms with Crippen LogP contribution in [0.4, 0.5) is 5.69 Å². The molecule has 0 saturated carbocycles. The van der Waals surface area contributed by atoms with E-state index in [2.05, 4.69) is 48.5 Å². The monoisotopic (exact) mass is 232 g/mol. The van der Waals surface area contributed by atoms with E-state index in [1.165, 1.54) is 37.1 Å². The normalized spacial score (nSPS) is 21.4. The number of benzene rings is 1. The van der Waals surface area contributed by atoms with Gasteiger partial charge in [0.2, 0.25) is 0 Å². The van der Waals surface area contributed by atoms with Crippen molar-refractivity contribution < 1.29 is 0 Å². The van der Waals surface area contributed by atoms with Gasteiger partial charge >= 0.3 is 0 Å². The number of aryl methyl sites for hydroxylation is 1. The van der Waals surface area contributed by atoms with Gasteiger partial charge in [-0.25, -0.2) is 0 Å². The summed E-state index contributed by atoms with van der Waals surface area (Å²) >= 11 is 0. The molecule has 0 aromatic heterocycles. The lowest BCUT2D eigenvalue weighted by Crippen LogP contribution is -2.40. The van der Waals surface area contributed by atoms with Crippen molar-refractivity contribution in [3.63, 3.8) is 0 Å². The number of rotatable bonds is 4. The number of likely N-dealkylation sites (N-methyl/N-ethyl adjacent to an activating group) is 1. The maximum atomic E-state index is 3.62. The average Bonchev–Trinajstić information content (AvgIpc) is 2.38. The van der Waals surface area contributed by atoms with Gasteiger partial charge < -0.3 is 10.2 Å². The van der Waals surface area contributed by atoms with Crippen LogP contribution in [0.25, 0.3) is 0 Å². The minimum Gasteiger partial charge on any atom is -0.383 e. The van der Waals surface area contributed by atoms with Crippen LogP contribution < -0.4 is 5.32 Å². The molecular formula is C15H24N2. The summed E-state index contributed by atoms with van der Waals surface area (Å²) in [6, 6.07) is 9.35. The summed E-state index contributed by atoms with van der Waals surface area (Å²) in [4.78, 5) is 2.49. The van der Waals surface area contributed by atoms with E-state index in [1.54, 1.807) is 0 Å². The van der Waals surface area contributed by atoms with Crippen LogP contribution in [0.5, 0.6) is 0 Å². The number of piperidine rings is 1. The number of para-hydroxylation sites is 1. The van der Waals surface area contributed by atoms with Gasteiger partial charge in [-0.1, -0.05) is 31.5 Å². The van der Waals surface area contributed by atoms with Crippen molar-refractivity contribution >= 4 is 5.69 Å². The van der Waals surface area contributed by atoms with Gasteiger partial charge in [-0.15, -0.1) is 0 Å². The highest BCUT2D eigenvalue weighted by Gasteiger charge is 2.18. The summed E-state index contributed by atoms with van der Waals surface area (Å²) in [5, 5.41) is 3.62. The Bertz CT molecular complexity index is 349. The van der Waals surface area contributed by atoms with Gasteiger partial charge in [0.15, 0.2) is 0 Å². The Balaban J connectivity index is 1.92. The standard InChI is InChI=1S/C15H24N2/c1-3-13-8-4-5-10-15(13)16-12-14-9-6-7-11-17(14)2/h4-5,8,10,14,16H,3,6-7,9,11-12H2,1-2H3. The molecule has 2 nitrogen and oxygen atoms in total. The van der Waals surface area contributed by atoms with Crippen LogP contribution in [-0.2, 0) is 6.42 Å². The molecule has 94 valence electrons. The number of nitrogens with zero attached hydrogens (tertiary/aromatic N) is 1. The van der Waals surface area contributed by atoms with E-state index in [4.69, 9.17) is 0 Å². The highest BCUT2D eigenvalue weighted by atomic mass is 15.2. The molecule has 0 amide bonds. The van der Waals surface area contributed by atoms with E-state index in [9.17, 15) is 0 Å². The zero-order valence-electron chi connectivity index (χ0n) is 11.1. The largest absolute Gasteiger partial charge is 0.383 e. The lowest BCUT2D eigenvalue weighted by molar-refractivity contribution is 0.194. The molecule has 0 radical (unpaired) electrons. The molecule has 2 rings (SSSR count). The first kappa shape index (κ1) is 12.4. The summed E-state index contributed by atoms with van der Waals surface area (Å²) in [5.74, 6) is 0. The SMILES string of the molecule is CCc1ccccc1NCC1CCCCN1C. The predicted octanol–water partition coefficient (Wildman–Crippen LogP) is 3.15. The summed E-state index contributed by atoms with van der Waals surface area (Å²) in [5.41, 5.74) is 2.74. The molecule has 1 heterocycles. The summed E-state index contributed by atoms with van der Waals surface area (Å²) in [7, 11) is 2.25. The van der Waals surface area contributed by atoms with Gasteiger partial charge in [-0.2, -0.15) is 0 Å². The lowest BCUT2D eigenvalue weighted by atomic mass is 10.0. The second kappa shape index (κ2) is 6.06. The molecule has 1 N–H and O–H groups in total. The van der Waals surface area contributed by atoms with E-state index >= 15 is 0 Å². The van der Waals surface area contributed by atoms with E-state index < -0.39 is 0 Å². The molecule has 1 fully saturated rings. The second-order valence-corrected chi connectivity index (χ2v) is 5.02. The van der Waals surface area contributed by atoms with Crippen LogP contribution in [-0.4, -0.2) is 31.1 Å². The van der Waals surface area contributed by atoms with Crippen LogP contribution in [0.15, 0.2) is 24.3 Å². The third-order valence-electron chi connectivity index (χ3n) is 3.85. The molecule has 1 saturated heterocycles. The Morgan fingerprint density at radius 3 is 2.88 bits per heavy atom. The first-order valence-corrected chi connectivity index (χ1v) is 6.83. The quantitative estimate of drug-likeness (QED) is 0.858. The predicted molar refractivity (Wildman–Crippen MR) is 74.6 cm³/mol. The molecule has 1 aromatic carbocycles. The third kappa shape index (κ3) is 3.22. The first-order chi connectivity index (χ1) is 8.31. The Kier molecular flexibility index (Phi) is 4.43. The highest BCUT2D eigenvalue weighted by molar-refractivity contribution is 5.51. The highest BCUT2D eigenvalue weighted by Crippen LogP contribution is 2.18. The van der Waals surface area contributed by atoms with Crippen molar-refractivity contribution in [1.82, 2.24) is 4.90 Å². The molecule has 1 atom stereocenters. The zero-order valence-corrected chi connectivity index (χ0v) is 11.1. The number of likely N-dealkylation sites (tertiary alicyclic amines) is 1. The fourth-order valence-corrected chi connectivity index (χ4v) is 2.63. The van der Waals surface area contributed by atoms with Gasteiger partial charge in [0, 0.05) is 18.3 Å². The van der Waals surface area contributed by atoms with Gasteiger partial charge in [0.1, 0.15) is 0 Å². The molecule has 1 aliphatic heterocycles. The van der Waals surface area contributed by atoms with Gasteiger partial charge in [-0.05, 0) is 44.5 Å². The Morgan fingerprint density at radius 2 is 2.12 bits per heavy atom. The summed E-state index contributed by atoms with van der Waals surface area (Å²) in [6.45, 7) is 4.54. The maximum Gasteiger partial charge on any atom is 0.0373 e. The summed E-state index contributed by atoms with van der Waals surface area (Å²) < 4.78 is 0. The smallest absolute Gasteiger partial charge is 0.0373 e. The fourth-order valence-electron chi connectivity index (χ4n) is 2.63. The molecule has 1 unspecified atom stereocenters.